The van der Waals surface area contributed by atoms with Gasteiger partial charge in [0.15, 0.2) is 6.23 Å². The molecular formula is C32H48N8O3. The Morgan fingerprint density at radius 1 is 1.16 bits per heavy atom. The molecule has 11 nitrogen and oxygen atoms in total. The smallest absolute Gasteiger partial charge is 0.165 e. The van der Waals surface area contributed by atoms with Gasteiger partial charge in [0.25, 0.3) is 0 Å². The standard InChI is InChI=1S/C32H48N8O3/c1-18(2)39(15-25-28(41)29(42)32(43-25)40-16-34-27-30(33)37(3)17-38(4)31(27)40)22-12-19(13-22)8-11-26-35-23-10-9-21(14-24(23)36-26)20-6-5-7-20/h9-10,14,16,18-20,22,25,28-30,32,41-42H,5-8,11-13,15,17,33H2,1-4H3,(H,35,36)/t19?,22?,25-,28-,29-,30?,32-/m1/s1. The van der Waals surface area contributed by atoms with Gasteiger partial charge >= 0.3 is 0 Å². The molecule has 2 saturated carbocycles. The lowest BCUT2D eigenvalue weighted by molar-refractivity contribution is -0.0629. The number of nitrogens with zero attached hydrogens (tertiary/aromatic N) is 6. The lowest BCUT2D eigenvalue weighted by Gasteiger charge is -2.46. The number of ether oxygens (including phenoxy) is 1. The number of aliphatic hydroxyl groups is 2. The molecule has 1 unspecified atom stereocenters. The molecule has 0 amide bonds. The van der Waals surface area contributed by atoms with E-state index in [1.807, 2.05) is 28.5 Å². The summed E-state index contributed by atoms with van der Waals surface area (Å²) in [5.41, 5.74) is 10.8. The molecule has 5 N–H and O–H groups in total. The average Bonchev–Trinajstić information content (AvgIpc) is 3.61. The predicted molar refractivity (Wildman–Crippen MR) is 165 cm³/mol. The highest BCUT2D eigenvalue weighted by Crippen LogP contribution is 2.41. The molecule has 2 aromatic heterocycles. The number of H-pyrrole nitrogens is 1. The van der Waals surface area contributed by atoms with Crippen molar-refractivity contribution in [2.24, 2.45) is 11.7 Å². The third-order valence-corrected chi connectivity index (χ3v) is 10.6. The van der Waals surface area contributed by atoms with E-state index in [-0.39, 0.29) is 6.17 Å². The Hall–Kier alpha value is -2.54. The van der Waals surface area contributed by atoms with Gasteiger partial charge in [0.2, 0.25) is 0 Å². The van der Waals surface area contributed by atoms with E-state index < -0.39 is 24.5 Å². The first-order valence-corrected chi connectivity index (χ1v) is 16.2. The average molecular weight is 593 g/mol. The van der Waals surface area contributed by atoms with Gasteiger partial charge in [-0.05, 0) is 82.5 Å². The minimum Gasteiger partial charge on any atom is -0.387 e. The van der Waals surface area contributed by atoms with Crippen molar-refractivity contribution in [1.82, 2.24) is 29.3 Å². The number of aromatic nitrogens is 4. The van der Waals surface area contributed by atoms with Crippen LogP contribution in [0.15, 0.2) is 24.5 Å². The second-order valence-electron chi connectivity index (χ2n) is 13.9. The largest absolute Gasteiger partial charge is 0.387 e. The summed E-state index contributed by atoms with van der Waals surface area (Å²) in [6.45, 7) is 5.61. The number of hydrogen-bond acceptors (Lipinski definition) is 9. The predicted octanol–water partition coefficient (Wildman–Crippen LogP) is 3.06. The van der Waals surface area contributed by atoms with E-state index in [4.69, 9.17) is 15.5 Å². The van der Waals surface area contributed by atoms with Crippen molar-refractivity contribution in [3.8, 4) is 0 Å². The molecule has 0 radical (unpaired) electrons. The molecule has 0 spiro atoms. The highest BCUT2D eigenvalue weighted by Gasteiger charge is 2.47. The molecule has 234 valence electrons. The number of imidazole rings is 2. The van der Waals surface area contributed by atoms with Gasteiger partial charge in [-0.3, -0.25) is 14.4 Å². The summed E-state index contributed by atoms with van der Waals surface area (Å²) >= 11 is 0. The third kappa shape index (κ3) is 5.27. The second-order valence-corrected chi connectivity index (χ2v) is 13.9. The summed E-state index contributed by atoms with van der Waals surface area (Å²) in [6.07, 6.45) is 6.41. The van der Waals surface area contributed by atoms with E-state index in [9.17, 15) is 10.2 Å². The fraction of sp³-hybridized carbons (Fsp3) is 0.688. The van der Waals surface area contributed by atoms with Crippen LogP contribution in [0.2, 0.25) is 0 Å². The van der Waals surface area contributed by atoms with E-state index >= 15 is 0 Å². The van der Waals surface area contributed by atoms with Gasteiger partial charge in [0.1, 0.15) is 41.8 Å². The summed E-state index contributed by atoms with van der Waals surface area (Å²) in [5.74, 6) is 3.30. The number of nitrogens with two attached hydrogens (primary N) is 1. The van der Waals surface area contributed by atoms with Crippen LogP contribution in [0.5, 0.6) is 0 Å². The van der Waals surface area contributed by atoms with Crippen molar-refractivity contribution in [2.45, 2.75) is 108 Å². The van der Waals surface area contributed by atoms with Crippen LogP contribution >= 0.6 is 0 Å². The number of aromatic amines is 1. The Kier molecular flexibility index (Phi) is 7.76. The number of aryl methyl sites for hydroxylation is 1. The molecule has 2 aliphatic carbocycles. The Morgan fingerprint density at radius 2 is 1.95 bits per heavy atom. The topological polar surface area (TPSA) is 132 Å². The van der Waals surface area contributed by atoms with Crippen LogP contribution < -0.4 is 10.6 Å². The van der Waals surface area contributed by atoms with Gasteiger partial charge in [-0.1, -0.05) is 12.5 Å². The summed E-state index contributed by atoms with van der Waals surface area (Å²) in [7, 11) is 3.93. The van der Waals surface area contributed by atoms with Crippen molar-refractivity contribution in [2.75, 3.05) is 32.2 Å². The van der Waals surface area contributed by atoms with Crippen LogP contribution in [0.25, 0.3) is 11.0 Å². The van der Waals surface area contributed by atoms with Crippen LogP contribution in [-0.2, 0) is 11.2 Å². The Morgan fingerprint density at radius 3 is 2.67 bits per heavy atom. The molecule has 3 aromatic rings. The number of aliphatic hydroxyl groups excluding tert-OH is 2. The summed E-state index contributed by atoms with van der Waals surface area (Å²) < 4.78 is 8.22. The molecule has 0 bridgehead atoms. The molecule has 7 rings (SSSR count). The van der Waals surface area contributed by atoms with Crippen LogP contribution in [0.4, 0.5) is 5.82 Å². The fourth-order valence-electron chi connectivity index (χ4n) is 7.69. The molecule has 11 heteroatoms. The molecule has 3 fully saturated rings. The van der Waals surface area contributed by atoms with Gasteiger partial charge in [0, 0.05) is 32.1 Å². The molecule has 2 aliphatic heterocycles. The zero-order valence-electron chi connectivity index (χ0n) is 25.9. The molecule has 5 atom stereocenters. The number of hydrogen-bond donors (Lipinski definition) is 4. The fourth-order valence-corrected chi connectivity index (χ4v) is 7.69. The summed E-state index contributed by atoms with van der Waals surface area (Å²) in [5, 5.41) is 22.2. The Labute approximate surface area is 254 Å². The summed E-state index contributed by atoms with van der Waals surface area (Å²) in [6, 6.07) is 7.51. The normalized spacial score (nSPS) is 31.7. The van der Waals surface area contributed by atoms with Crippen molar-refractivity contribution >= 4 is 16.9 Å². The van der Waals surface area contributed by atoms with Gasteiger partial charge < -0.3 is 30.6 Å². The van der Waals surface area contributed by atoms with Crippen LogP contribution in [0.3, 0.4) is 0 Å². The highest BCUT2D eigenvalue weighted by atomic mass is 16.6. The number of rotatable bonds is 9. The quantitative estimate of drug-likeness (QED) is 0.296. The number of anilines is 1. The lowest BCUT2D eigenvalue weighted by atomic mass is 9.76. The van der Waals surface area contributed by atoms with Gasteiger partial charge in [0.05, 0.1) is 24.0 Å². The van der Waals surface area contributed by atoms with Crippen LogP contribution in [-0.4, -0.2) is 97.2 Å². The van der Waals surface area contributed by atoms with E-state index in [1.54, 1.807) is 6.33 Å². The molecule has 1 aromatic carbocycles. The van der Waals surface area contributed by atoms with E-state index in [0.717, 1.165) is 60.0 Å². The zero-order chi connectivity index (χ0) is 30.0. The van der Waals surface area contributed by atoms with Crippen molar-refractivity contribution in [3.63, 3.8) is 0 Å². The Bertz CT molecular complexity index is 1430. The first kappa shape index (κ1) is 29.2. The van der Waals surface area contributed by atoms with Gasteiger partial charge in [-0.25, -0.2) is 9.97 Å². The van der Waals surface area contributed by atoms with Crippen LogP contribution in [0.1, 0.15) is 87.8 Å². The maximum absolute atomic E-state index is 11.1. The monoisotopic (exact) mass is 592 g/mol. The zero-order valence-corrected chi connectivity index (χ0v) is 25.9. The third-order valence-electron chi connectivity index (χ3n) is 10.6. The first-order chi connectivity index (χ1) is 20.7. The maximum Gasteiger partial charge on any atom is 0.165 e. The highest BCUT2D eigenvalue weighted by molar-refractivity contribution is 5.76. The van der Waals surface area contributed by atoms with Crippen molar-refractivity contribution in [1.29, 1.82) is 0 Å². The molecule has 4 heterocycles. The van der Waals surface area contributed by atoms with E-state index in [2.05, 4.69) is 46.9 Å². The van der Waals surface area contributed by atoms with E-state index in [1.165, 1.54) is 24.8 Å². The van der Waals surface area contributed by atoms with Crippen molar-refractivity contribution < 1.29 is 14.9 Å². The van der Waals surface area contributed by atoms with Crippen LogP contribution in [0, 0.1) is 5.92 Å². The maximum atomic E-state index is 11.1. The Balaban J connectivity index is 0.952. The van der Waals surface area contributed by atoms with Gasteiger partial charge in [-0.2, -0.15) is 0 Å². The molecular weight excluding hydrogens is 544 g/mol. The number of benzene rings is 1. The minimum atomic E-state index is -1.05. The van der Waals surface area contributed by atoms with E-state index in [0.29, 0.717) is 31.2 Å². The number of nitrogens with one attached hydrogen (secondary N) is 1. The molecule has 4 aliphatic rings. The number of fused-ring (bicyclic) bond motifs is 2. The molecule has 1 saturated heterocycles. The van der Waals surface area contributed by atoms with Gasteiger partial charge in [-0.15, -0.1) is 0 Å². The molecule has 43 heavy (non-hydrogen) atoms. The van der Waals surface area contributed by atoms with Crippen molar-refractivity contribution in [3.05, 3.63) is 41.6 Å². The SMILES string of the molecule is CC(C)N(C[C@H]1O[C@@H](n2cnc3c2N(C)CN(C)C3N)[C@H](O)[C@@H]1O)C1CC(CCc2nc3cc(C4CCC4)ccc3[nH]2)C1. The minimum absolute atomic E-state index is 0.304. The first-order valence-electron chi connectivity index (χ1n) is 16.2. The summed E-state index contributed by atoms with van der Waals surface area (Å²) in [4.78, 5) is 19.5. The second kappa shape index (κ2) is 11.4. The lowest BCUT2D eigenvalue weighted by Crippen LogP contribution is -2.52.